The van der Waals surface area contributed by atoms with Crippen molar-refractivity contribution in [2.75, 3.05) is 24.6 Å². The Bertz CT molecular complexity index is 1250. The van der Waals surface area contributed by atoms with Crippen LogP contribution < -0.4 is 9.64 Å². The Labute approximate surface area is 176 Å². The van der Waals surface area contributed by atoms with Gasteiger partial charge in [0.1, 0.15) is 23.2 Å². The predicted octanol–water partition coefficient (Wildman–Crippen LogP) is 5.03. The predicted molar refractivity (Wildman–Crippen MR) is 116 cm³/mol. The van der Waals surface area contributed by atoms with Crippen molar-refractivity contribution in [3.63, 3.8) is 0 Å². The molecule has 30 heavy (non-hydrogen) atoms. The van der Waals surface area contributed by atoms with Gasteiger partial charge in [0.05, 0.1) is 29.9 Å². The molecule has 5 nitrogen and oxygen atoms in total. The number of rotatable bonds is 5. The summed E-state index contributed by atoms with van der Waals surface area (Å²) >= 11 is 1.44. The lowest BCUT2D eigenvalue weighted by atomic mass is 10.0. The minimum Gasteiger partial charge on any atom is -0.493 e. The van der Waals surface area contributed by atoms with Crippen molar-refractivity contribution in [1.82, 2.24) is 4.98 Å². The van der Waals surface area contributed by atoms with E-state index in [1.807, 2.05) is 48.2 Å². The van der Waals surface area contributed by atoms with Crippen molar-refractivity contribution in [1.29, 1.82) is 0 Å². The topological polar surface area (TPSA) is 51.7 Å². The third kappa shape index (κ3) is 3.35. The van der Waals surface area contributed by atoms with Crippen LogP contribution in [-0.4, -0.2) is 36.8 Å². The van der Waals surface area contributed by atoms with Crippen LogP contribution in [0.25, 0.3) is 21.0 Å². The average molecular weight is 422 g/mol. The maximum absolute atomic E-state index is 13.4. The molecule has 2 heterocycles. The Morgan fingerprint density at radius 3 is 2.87 bits per heavy atom. The number of hydrogen-bond donors (Lipinski definition) is 0. The molecule has 0 aliphatic carbocycles. The summed E-state index contributed by atoms with van der Waals surface area (Å²) in [5.74, 6) is -0.120. The van der Waals surface area contributed by atoms with Crippen LogP contribution in [0.2, 0.25) is 0 Å². The molecule has 0 unspecified atom stereocenters. The number of fused-ring (bicyclic) bond motifs is 2. The monoisotopic (exact) mass is 422 g/mol. The summed E-state index contributed by atoms with van der Waals surface area (Å²) in [6, 6.07) is 16.0. The van der Waals surface area contributed by atoms with Gasteiger partial charge in [-0.05, 0) is 42.0 Å². The fourth-order valence-electron chi connectivity index (χ4n) is 3.64. The number of anilines is 1. The summed E-state index contributed by atoms with van der Waals surface area (Å²) in [6.07, 6.45) is -0.227. The zero-order chi connectivity index (χ0) is 20.7. The van der Waals surface area contributed by atoms with Gasteiger partial charge in [0.2, 0.25) is 0 Å². The van der Waals surface area contributed by atoms with Crippen molar-refractivity contribution in [2.24, 2.45) is 0 Å². The number of esters is 1. The molecule has 5 rings (SSSR count). The molecule has 0 atom stereocenters. The molecular weight excluding hydrogens is 403 g/mol. The number of carbonyl (C=O) groups excluding carboxylic acids is 1. The van der Waals surface area contributed by atoms with Crippen LogP contribution in [0.3, 0.4) is 0 Å². The molecule has 0 spiro atoms. The summed E-state index contributed by atoms with van der Waals surface area (Å²) in [7, 11) is 0. The molecule has 1 fully saturated rings. The van der Waals surface area contributed by atoms with Crippen LogP contribution in [0, 0.1) is 5.82 Å². The highest BCUT2D eigenvalue weighted by atomic mass is 32.1. The van der Waals surface area contributed by atoms with E-state index in [9.17, 15) is 9.18 Å². The van der Waals surface area contributed by atoms with Gasteiger partial charge in [0.15, 0.2) is 5.13 Å². The standard InChI is InChI=1S/C23H19FN2O3S/c1-2-28-19-10-7-14-5-3-4-6-17(14)21(19)22(27)29-16-12-26(13-16)23-25-18-9-8-15(24)11-20(18)30-23/h3-11,16H,2,12-13H2,1H3. The van der Waals surface area contributed by atoms with E-state index in [1.54, 1.807) is 6.07 Å². The summed E-state index contributed by atoms with van der Waals surface area (Å²) in [6.45, 7) is 3.47. The first kappa shape index (κ1) is 18.8. The van der Waals surface area contributed by atoms with Crippen LogP contribution >= 0.6 is 11.3 Å². The largest absolute Gasteiger partial charge is 0.493 e. The van der Waals surface area contributed by atoms with Gasteiger partial charge in [-0.1, -0.05) is 41.7 Å². The Kier molecular flexibility index (Phi) is 4.75. The second kappa shape index (κ2) is 7.57. The van der Waals surface area contributed by atoms with Gasteiger partial charge >= 0.3 is 5.97 Å². The number of ether oxygens (including phenoxy) is 2. The number of carbonyl (C=O) groups is 1. The number of nitrogens with zero attached hydrogens (tertiary/aromatic N) is 2. The second-order valence-corrected chi connectivity index (χ2v) is 8.14. The lowest BCUT2D eigenvalue weighted by Gasteiger charge is -2.38. The van der Waals surface area contributed by atoms with Crippen LogP contribution in [-0.2, 0) is 4.74 Å². The fraction of sp³-hybridized carbons (Fsp3) is 0.217. The number of halogens is 1. The second-order valence-electron chi connectivity index (χ2n) is 7.13. The van der Waals surface area contributed by atoms with Crippen LogP contribution in [0.1, 0.15) is 17.3 Å². The number of benzene rings is 3. The van der Waals surface area contributed by atoms with E-state index < -0.39 is 0 Å². The molecule has 7 heteroatoms. The van der Waals surface area contributed by atoms with E-state index in [4.69, 9.17) is 9.47 Å². The highest BCUT2D eigenvalue weighted by Gasteiger charge is 2.33. The van der Waals surface area contributed by atoms with Gasteiger partial charge < -0.3 is 14.4 Å². The van der Waals surface area contributed by atoms with Crippen molar-refractivity contribution < 1.29 is 18.7 Å². The highest BCUT2D eigenvalue weighted by Crippen LogP contribution is 2.34. The van der Waals surface area contributed by atoms with Gasteiger partial charge in [0, 0.05) is 0 Å². The first-order valence-electron chi connectivity index (χ1n) is 9.79. The lowest BCUT2D eigenvalue weighted by molar-refractivity contribution is 0.0233. The van der Waals surface area contributed by atoms with Crippen LogP contribution in [0.5, 0.6) is 5.75 Å². The molecule has 0 amide bonds. The first-order valence-corrected chi connectivity index (χ1v) is 10.6. The molecule has 3 aromatic carbocycles. The van der Waals surface area contributed by atoms with Crippen molar-refractivity contribution >= 4 is 43.4 Å². The van der Waals surface area contributed by atoms with E-state index in [2.05, 4.69) is 4.98 Å². The molecule has 1 saturated heterocycles. The average Bonchev–Trinajstić information content (AvgIpc) is 3.12. The van der Waals surface area contributed by atoms with E-state index >= 15 is 0 Å². The maximum Gasteiger partial charge on any atom is 0.342 e. The Morgan fingerprint density at radius 1 is 1.20 bits per heavy atom. The zero-order valence-corrected chi connectivity index (χ0v) is 17.1. The van der Waals surface area contributed by atoms with E-state index in [0.29, 0.717) is 31.0 Å². The third-order valence-corrected chi connectivity index (χ3v) is 6.21. The Hall–Kier alpha value is -3.19. The zero-order valence-electron chi connectivity index (χ0n) is 16.3. The molecule has 1 aromatic heterocycles. The Balaban J connectivity index is 1.32. The van der Waals surface area contributed by atoms with Crippen molar-refractivity contribution in [3.05, 3.63) is 66.0 Å². The Morgan fingerprint density at radius 2 is 2.03 bits per heavy atom. The molecule has 1 aliphatic rings. The third-order valence-electron chi connectivity index (χ3n) is 5.13. The van der Waals surface area contributed by atoms with Crippen molar-refractivity contribution in [3.8, 4) is 5.75 Å². The molecule has 152 valence electrons. The number of hydrogen-bond acceptors (Lipinski definition) is 6. The first-order chi connectivity index (χ1) is 14.6. The fourth-order valence-corrected chi connectivity index (χ4v) is 4.65. The van der Waals surface area contributed by atoms with E-state index in [1.165, 1.54) is 23.5 Å². The quantitative estimate of drug-likeness (QED) is 0.422. The van der Waals surface area contributed by atoms with E-state index in [0.717, 1.165) is 26.1 Å². The molecule has 0 bridgehead atoms. The van der Waals surface area contributed by atoms with Gasteiger partial charge in [-0.25, -0.2) is 14.2 Å². The lowest BCUT2D eigenvalue weighted by Crippen LogP contribution is -2.53. The minimum absolute atomic E-state index is 0.227. The number of aromatic nitrogens is 1. The smallest absolute Gasteiger partial charge is 0.342 e. The molecule has 4 aromatic rings. The van der Waals surface area contributed by atoms with Gasteiger partial charge in [0.25, 0.3) is 0 Å². The molecule has 0 radical (unpaired) electrons. The highest BCUT2D eigenvalue weighted by molar-refractivity contribution is 7.22. The molecule has 1 aliphatic heterocycles. The van der Waals surface area contributed by atoms with Crippen LogP contribution in [0.15, 0.2) is 54.6 Å². The van der Waals surface area contributed by atoms with Gasteiger partial charge in [-0.15, -0.1) is 0 Å². The minimum atomic E-state index is -0.383. The molecule has 0 saturated carbocycles. The summed E-state index contributed by atoms with van der Waals surface area (Å²) < 4.78 is 25.7. The maximum atomic E-state index is 13.4. The van der Waals surface area contributed by atoms with Crippen molar-refractivity contribution in [2.45, 2.75) is 13.0 Å². The number of thiazole rings is 1. The molecule has 0 N–H and O–H groups in total. The van der Waals surface area contributed by atoms with Gasteiger partial charge in [-0.3, -0.25) is 0 Å². The van der Waals surface area contributed by atoms with Gasteiger partial charge in [-0.2, -0.15) is 0 Å². The summed E-state index contributed by atoms with van der Waals surface area (Å²) in [5.41, 5.74) is 1.23. The summed E-state index contributed by atoms with van der Waals surface area (Å²) in [4.78, 5) is 19.6. The summed E-state index contributed by atoms with van der Waals surface area (Å²) in [5, 5.41) is 2.59. The SMILES string of the molecule is CCOc1ccc2ccccc2c1C(=O)OC1CN(c2nc3ccc(F)cc3s2)C1. The van der Waals surface area contributed by atoms with E-state index in [-0.39, 0.29) is 17.9 Å². The normalized spacial score (nSPS) is 14.1. The molecular formula is C23H19FN2O3S. The van der Waals surface area contributed by atoms with Crippen LogP contribution in [0.4, 0.5) is 9.52 Å².